The van der Waals surface area contributed by atoms with Crippen molar-refractivity contribution in [2.75, 3.05) is 0 Å². The second-order valence-corrected chi connectivity index (χ2v) is 7.72. The molecule has 3 aromatic carbocycles. The molecule has 0 amide bonds. The molecule has 3 rings (SSSR count). The van der Waals surface area contributed by atoms with Gasteiger partial charge in [0, 0.05) is 0 Å². The average Bonchev–Trinajstić information content (AvgIpc) is 2.72. The zero-order valence-corrected chi connectivity index (χ0v) is 17.7. The first kappa shape index (κ1) is 21.3. The van der Waals surface area contributed by atoms with Crippen LogP contribution in [0.5, 0.6) is 0 Å². The Bertz CT molecular complexity index is 1130. The van der Waals surface area contributed by atoms with E-state index in [0.717, 1.165) is 27.8 Å². The van der Waals surface area contributed by atoms with E-state index in [1.807, 2.05) is 25.1 Å². The summed E-state index contributed by atoms with van der Waals surface area (Å²) in [6, 6.07) is 16.0. The molecule has 154 valence electrons. The normalized spacial score (nSPS) is 11.0. The Balaban J connectivity index is 2.55. The third-order valence-corrected chi connectivity index (χ3v) is 5.50. The van der Waals surface area contributed by atoms with Crippen LogP contribution in [0.1, 0.15) is 64.1 Å². The molecule has 0 heterocycles. The predicted octanol–water partition coefficient (Wildman–Crippen LogP) is 6.41. The van der Waals surface area contributed by atoms with Gasteiger partial charge in [-0.3, -0.25) is 0 Å². The van der Waals surface area contributed by atoms with E-state index in [4.69, 9.17) is 0 Å². The van der Waals surface area contributed by atoms with Crippen molar-refractivity contribution in [3.63, 3.8) is 0 Å². The number of carbonyl (C=O) groups is 2. The van der Waals surface area contributed by atoms with Crippen molar-refractivity contribution in [1.82, 2.24) is 0 Å². The molecular weight excluding hydrogens is 376 g/mol. The van der Waals surface area contributed by atoms with Gasteiger partial charge in [0.2, 0.25) is 0 Å². The van der Waals surface area contributed by atoms with Gasteiger partial charge in [-0.05, 0) is 70.3 Å². The van der Waals surface area contributed by atoms with Crippen molar-refractivity contribution >= 4 is 11.9 Å². The predicted molar refractivity (Wildman–Crippen MR) is 119 cm³/mol. The van der Waals surface area contributed by atoms with Gasteiger partial charge in [0.1, 0.15) is 0 Å². The largest absolute Gasteiger partial charge is 0.478 e. The van der Waals surface area contributed by atoms with E-state index >= 15 is 0 Å². The lowest BCUT2D eigenvalue weighted by Crippen LogP contribution is -2.08. The Morgan fingerprint density at radius 3 is 1.73 bits per heavy atom. The Kier molecular flexibility index (Phi) is 6.06. The van der Waals surface area contributed by atoms with Crippen LogP contribution >= 0.6 is 0 Å². The quantitative estimate of drug-likeness (QED) is 0.499. The minimum atomic E-state index is -1.01. The molecule has 3 aromatic rings. The molecule has 0 fully saturated rings. The van der Waals surface area contributed by atoms with Crippen LogP contribution in [0.3, 0.4) is 0 Å². The van der Waals surface area contributed by atoms with Crippen LogP contribution in [0, 0.1) is 6.92 Å². The number of carboxylic acids is 2. The Hall–Kier alpha value is -3.40. The Morgan fingerprint density at radius 1 is 0.833 bits per heavy atom. The van der Waals surface area contributed by atoms with E-state index in [-0.39, 0.29) is 17.0 Å². The van der Waals surface area contributed by atoms with Crippen LogP contribution in [-0.2, 0) is 6.42 Å². The molecule has 4 heteroatoms. The maximum Gasteiger partial charge on any atom is 0.336 e. The Morgan fingerprint density at radius 2 is 1.30 bits per heavy atom. The summed E-state index contributed by atoms with van der Waals surface area (Å²) in [4.78, 5) is 24.0. The van der Waals surface area contributed by atoms with Crippen molar-refractivity contribution in [2.24, 2.45) is 0 Å². The number of benzene rings is 3. The lowest BCUT2D eigenvalue weighted by molar-refractivity contribution is 0.0686. The first-order chi connectivity index (χ1) is 14.3. The molecule has 0 saturated carbocycles. The SMILES string of the molecule is CCc1c(C(C)C)cc(C)c(-c2ccccc2C(=O)O)c1-c1ccccc1C(=O)O. The van der Waals surface area contributed by atoms with Crippen molar-refractivity contribution in [3.8, 4) is 22.3 Å². The van der Waals surface area contributed by atoms with Crippen LogP contribution in [-0.4, -0.2) is 22.2 Å². The minimum Gasteiger partial charge on any atom is -0.478 e. The summed E-state index contributed by atoms with van der Waals surface area (Å²) in [6.07, 6.45) is 0.708. The molecule has 0 radical (unpaired) electrons. The highest BCUT2D eigenvalue weighted by atomic mass is 16.4. The highest BCUT2D eigenvalue weighted by Crippen LogP contribution is 2.43. The summed E-state index contributed by atoms with van der Waals surface area (Å²) < 4.78 is 0. The first-order valence-corrected chi connectivity index (χ1v) is 10.1. The topological polar surface area (TPSA) is 74.6 Å². The van der Waals surface area contributed by atoms with E-state index in [1.165, 1.54) is 0 Å². The fourth-order valence-corrected chi connectivity index (χ4v) is 4.20. The van der Waals surface area contributed by atoms with Crippen LogP contribution < -0.4 is 0 Å². The smallest absolute Gasteiger partial charge is 0.336 e. The van der Waals surface area contributed by atoms with Gasteiger partial charge in [-0.25, -0.2) is 9.59 Å². The molecule has 0 spiro atoms. The van der Waals surface area contributed by atoms with E-state index in [0.29, 0.717) is 17.5 Å². The Labute approximate surface area is 176 Å². The van der Waals surface area contributed by atoms with Gasteiger partial charge in [0.25, 0.3) is 0 Å². The molecule has 4 nitrogen and oxygen atoms in total. The molecule has 0 bridgehead atoms. The second-order valence-electron chi connectivity index (χ2n) is 7.72. The van der Waals surface area contributed by atoms with E-state index in [1.54, 1.807) is 30.3 Å². The van der Waals surface area contributed by atoms with Crippen LogP contribution in [0.4, 0.5) is 0 Å². The molecule has 0 saturated heterocycles. The maximum atomic E-state index is 12.0. The molecule has 30 heavy (non-hydrogen) atoms. The molecule has 0 aliphatic carbocycles. The fraction of sp³-hybridized carbons (Fsp3) is 0.231. The number of hydrogen-bond donors (Lipinski definition) is 2. The minimum absolute atomic E-state index is 0.203. The second kappa shape index (κ2) is 8.54. The van der Waals surface area contributed by atoms with Gasteiger partial charge in [-0.1, -0.05) is 63.2 Å². The zero-order valence-electron chi connectivity index (χ0n) is 17.7. The van der Waals surface area contributed by atoms with Gasteiger partial charge in [0.05, 0.1) is 11.1 Å². The molecule has 0 aliphatic heterocycles. The van der Waals surface area contributed by atoms with Crippen LogP contribution in [0.2, 0.25) is 0 Å². The number of carboxylic acid groups (broad SMARTS) is 2. The third kappa shape index (κ3) is 3.73. The molecular formula is C26H26O4. The van der Waals surface area contributed by atoms with Crippen LogP contribution in [0.15, 0.2) is 54.6 Å². The summed E-state index contributed by atoms with van der Waals surface area (Å²) in [5.74, 6) is -1.76. The van der Waals surface area contributed by atoms with E-state index < -0.39 is 11.9 Å². The highest BCUT2D eigenvalue weighted by Gasteiger charge is 2.25. The standard InChI is InChI=1S/C26H26O4/c1-5-17-22(15(2)3)14-16(4)23(18-10-6-8-12-20(18)25(27)28)24(17)19-11-7-9-13-21(19)26(29)30/h6-15H,5H2,1-4H3,(H,27,28)(H,29,30). The van der Waals surface area contributed by atoms with E-state index in [9.17, 15) is 19.8 Å². The van der Waals surface area contributed by atoms with Gasteiger partial charge < -0.3 is 10.2 Å². The number of hydrogen-bond acceptors (Lipinski definition) is 2. The summed E-state index contributed by atoms with van der Waals surface area (Å²) in [5, 5.41) is 19.6. The average molecular weight is 402 g/mol. The van der Waals surface area contributed by atoms with Crippen molar-refractivity contribution in [1.29, 1.82) is 0 Å². The van der Waals surface area contributed by atoms with Gasteiger partial charge >= 0.3 is 11.9 Å². The van der Waals surface area contributed by atoms with Crippen molar-refractivity contribution in [3.05, 3.63) is 82.4 Å². The van der Waals surface area contributed by atoms with Gasteiger partial charge in [-0.15, -0.1) is 0 Å². The molecule has 0 aliphatic rings. The maximum absolute atomic E-state index is 12.0. The third-order valence-electron chi connectivity index (χ3n) is 5.50. The summed E-state index contributed by atoms with van der Waals surface area (Å²) in [6.45, 7) is 8.25. The first-order valence-electron chi connectivity index (χ1n) is 10.1. The molecule has 2 N–H and O–H groups in total. The zero-order chi connectivity index (χ0) is 22.0. The monoisotopic (exact) mass is 402 g/mol. The highest BCUT2D eigenvalue weighted by molar-refractivity contribution is 6.04. The van der Waals surface area contributed by atoms with E-state index in [2.05, 4.69) is 26.8 Å². The summed E-state index contributed by atoms with van der Waals surface area (Å²) in [5.41, 5.74) is 6.36. The lowest BCUT2D eigenvalue weighted by Gasteiger charge is -2.24. The molecule has 0 unspecified atom stereocenters. The number of rotatable bonds is 6. The van der Waals surface area contributed by atoms with Gasteiger partial charge in [0.15, 0.2) is 0 Å². The molecule has 0 aromatic heterocycles. The lowest BCUT2D eigenvalue weighted by atomic mass is 9.79. The van der Waals surface area contributed by atoms with Crippen molar-refractivity contribution < 1.29 is 19.8 Å². The van der Waals surface area contributed by atoms with Gasteiger partial charge in [-0.2, -0.15) is 0 Å². The van der Waals surface area contributed by atoms with Crippen LogP contribution in [0.25, 0.3) is 22.3 Å². The molecule has 0 atom stereocenters. The number of aromatic carboxylic acids is 2. The van der Waals surface area contributed by atoms with Crippen molar-refractivity contribution in [2.45, 2.75) is 40.0 Å². The number of aryl methyl sites for hydroxylation is 1. The summed E-state index contributed by atoms with van der Waals surface area (Å²) >= 11 is 0. The summed E-state index contributed by atoms with van der Waals surface area (Å²) in [7, 11) is 0. The fourth-order valence-electron chi connectivity index (χ4n) is 4.20.